The molecular formula is C14H14FN3O4S2. The molecule has 1 heterocycles. The first kappa shape index (κ1) is 16.7. The van der Waals surface area contributed by atoms with Crippen LogP contribution in [0.5, 0.6) is 5.75 Å². The van der Waals surface area contributed by atoms with Crippen molar-refractivity contribution in [2.24, 2.45) is 0 Å². The molecule has 0 bridgehead atoms. The number of halogens is 1. The number of carbonyl (C=O) groups excluding carboxylic acids is 1. The zero-order valence-corrected chi connectivity index (χ0v) is 14.0. The molecule has 1 N–H and O–H groups in total. The number of amides is 2. The molecule has 2 amide bonds. The highest BCUT2D eigenvalue weighted by Crippen LogP contribution is 2.29. The van der Waals surface area contributed by atoms with Crippen molar-refractivity contribution in [3.8, 4) is 5.75 Å². The molecule has 128 valence electrons. The van der Waals surface area contributed by atoms with E-state index in [1.165, 1.54) is 35.6 Å². The van der Waals surface area contributed by atoms with Gasteiger partial charge in [0.25, 0.3) is 0 Å². The van der Waals surface area contributed by atoms with E-state index in [2.05, 4.69) is 14.5 Å². The van der Waals surface area contributed by atoms with E-state index in [9.17, 15) is 17.1 Å². The van der Waals surface area contributed by atoms with Crippen LogP contribution in [-0.4, -0.2) is 30.4 Å². The highest BCUT2D eigenvalue weighted by atomic mass is 32.3. The van der Waals surface area contributed by atoms with Gasteiger partial charge in [0.05, 0.1) is 6.54 Å². The number of benzene rings is 1. The van der Waals surface area contributed by atoms with Gasteiger partial charge in [-0.05, 0) is 37.1 Å². The summed E-state index contributed by atoms with van der Waals surface area (Å²) in [4.78, 5) is 18.3. The van der Waals surface area contributed by atoms with Crippen molar-refractivity contribution < 1.29 is 21.3 Å². The summed E-state index contributed by atoms with van der Waals surface area (Å²) in [6, 6.07) is 5.33. The average Bonchev–Trinajstić information content (AvgIpc) is 3.21. The van der Waals surface area contributed by atoms with Gasteiger partial charge in [-0.15, -0.1) is 11.3 Å². The lowest BCUT2D eigenvalue weighted by Gasteiger charge is -2.21. The van der Waals surface area contributed by atoms with E-state index in [0.29, 0.717) is 12.2 Å². The van der Waals surface area contributed by atoms with Gasteiger partial charge in [-0.3, -0.25) is 0 Å². The van der Waals surface area contributed by atoms with Crippen molar-refractivity contribution >= 4 is 33.6 Å². The van der Waals surface area contributed by atoms with Gasteiger partial charge in [0, 0.05) is 23.3 Å². The van der Waals surface area contributed by atoms with E-state index in [1.807, 2.05) is 5.38 Å². The van der Waals surface area contributed by atoms with Crippen LogP contribution in [0.4, 0.5) is 14.4 Å². The molecule has 7 nitrogen and oxygen atoms in total. The third kappa shape index (κ3) is 4.65. The first-order valence-corrected chi connectivity index (χ1v) is 9.30. The van der Waals surface area contributed by atoms with Gasteiger partial charge >= 0.3 is 16.5 Å². The molecule has 3 rings (SSSR count). The summed E-state index contributed by atoms with van der Waals surface area (Å²) >= 11 is 1.49. The standard InChI is InChI=1S/C14H14FN3O4S2/c15-24(20,21)22-12-5-1-10(2-6-12)17-14(19)18(11-3-4-11)9-13-16-7-8-23-13/h1-2,5-8,11H,3-4,9H2,(H,17,19). The summed E-state index contributed by atoms with van der Waals surface area (Å²) in [7, 11) is -5.06. The minimum Gasteiger partial charge on any atom is -0.358 e. The van der Waals surface area contributed by atoms with E-state index < -0.39 is 10.5 Å². The molecule has 0 saturated heterocycles. The summed E-state index contributed by atoms with van der Waals surface area (Å²) in [5.74, 6) is -0.169. The van der Waals surface area contributed by atoms with E-state index >= 15 is 0 Å². The zero-order chi connectivity index (χ0) is 17.2. The molecule has 0 unspecified atom stereocenters. The number of anilines is 1. The predicted octanol–water partition coefficient (Wildman–Crippen LogP) is 2.93. The minimum absolute atomic E-state index is 0.169. The fourth-order valence-corrected chi connectivity index (χ4v) is 3.09. The number of nitrogens with one attached hydrogen (secondary N) is 1. The average molecular weight is 371 g/mol. The molecule has 1 fully saturated rings. The highest BCUT2D eigenvalue weighted by Gasteiger charge is 2.33. The Hall–Kier alpha value is -2.20. The van der Waals surface area contributed by atoms with E-state index in [-0.39, 0.29) is 17.8 Å². The first-order chi connectivity index (χ1) is 11.4. The summed E-state index contributed by atoms with van der Waals surface area (Å²) in [5.41, 5.74) is 0.452. The number of hydrogen-bond donors (Lipinski definition) is 1. The fraction of sp³-hybridized carbons (Fsp3) is 0.286. The van der Waals surface area contributed by atoms with Gasteiger partial charge in [0.15, 0.2) is 0 Å². The molecule has 0 atom stereocenters. The number of thiazole rings is 1. The van der Waals surface area contributed by atoms with Crippen LogP contribution in [-0.2, 0) is 17.0 Å². The lowest BCUT2D eigenvalue weighted by molar-refractivity contribution is 0.206. The smallest absolute Gasteiger partial charge is 0.358 e. The van der Waals surface area contributed by atoms with E-state index in [4.69, 9.17) is 0 Å². The molecule has 0 aliphatic heterocycles. The topological polar surface area (TPSA) is 88.6 Å². The number of nitrogens with zero attached hydrogens (tertiary/aromatic N) is 2. The molecule has 0 radical (unpaired) electrons. The van der Waals surface area contributed by atoms with Crippen molar-refractivity contribution in [1.82, 2.24) is 9.88 Å². The van der Waals surface area contributed by atoms with Gasteiger partial charge in [0.1, 0.15) is 10.8 Å². The number of rotatable bonds is 6. The Kier molecular flexibility index (Phi) is 4.67. The maximum absolute atomic E-state index is 12.4. The van der Waals surface area contributed by atoms with Crippen LogP contribution in [0.15, 0.2) is 35.8 Å². The van der Waals surface area contributed by atoms with Crippen LogP contribution in [0.25, 0.3) is 0 Å². The molecule has 24 heavy (non-hydrogen) atoms. The lowest BCUT2D eigenvalue weighted by Crippen LogP contribution is -2.36. The Morgan fingerprint density at radius 1 is 1.38 bits per heavy atom. The second kappa shape index (κ2) is 6.73. The molecule has 1 aromatic carbocycles. The first-order valence-electron chi connectivity index (χ1n) is 7.11. The van der Waals surface area contributed by atoms with Crippen LogP contribution >= 0.6 is 11.3 Å². The zero-order valence-electron chi connectivity index (χ0n) is 12.4. The fourth-order valence-electron chi connectivity index (χ4n) is 2.13. The predicted molar refractivity (Wildman–Crippen MR) is 86.8 cm³/mol. The van der Waals surface area contributed by atoms with Gasteiger partial charge in [-0.2, -0.15) is 8.42 Å². The molecular weight excluding hydrogens is 357 g/mol. The number of carbonyl (C=O) groups is 1. The van der Waals surface area contributed by atoms with Crippen molar-refractivity contribution in [3.63, 3.8) is 0 Å². The maximum atomic E-state index is 12.4. The molecule has 1 aliphatic carbocycles. The van der Waals surface area contributed by atoms with Crippen molar-refractivity contribution in [2.45, 2.75) is 25.4 Å². The molecule has 10 heteroatoms. The summed E-state index contributed by atoms with van der Waals surface area (Å²) in [6.45, 7) is 0.440. The minimum atomic E-state index is -5.06. The Balaban J connectivity index is 1.64. The Bertz CT molecular complexity index is 805. The van der Waals surface area contributed by atoms with Crippen molar-refractivity contribution in [2.75, 3.05) is 5.32 Å². The van der Waals surface area contributed by atoms with Gasteiger partial charge < -0.3 is 14.4 Å². The van der Waals surface area contributed by atoms with Crippen LogP contribution in [0.1, 0.15) is 17.8 Å². The van der Waals surface area contributed by atoms with Gasteiger partial charge in [-0.1, -0.05) is 3.89 Å². The normalized spacial score (nSPS) is 14.2. The third-order valence-corrected chi connectivity index (χ3v) is 4.49. The van der Waals surface area contributed by atoms with Gasteiger partial charge in [0.2, 0.25) is 0 Å². The van der Waals surface area contributed by atoms with Crippen LogP contribution in [0.3, 0.4) is 0 Å². The van der Waals surface area contributed by atoms with Gasteiger partial charge in [-0.25, -0.2) is 9.78 Å². The number of hydrogen-bond acceptors (Lipinski definition) is 6. The van der Waals surface area contributed by atoms with Crippen LogP contribution < -0.4 is 9.50 Å². The van der Waals surface area contributed by atoms with Crippen LogP contribution in [0.2, 0.25) is 0 Å². The molecule has 1 aromatic heterocycles. The summed E-state index contributed by atoms with van der Waals surface area (Å²) < 4.78 is 37.4. The Morgan fingerprint density at radius 3 is 2.62 bits per heavy atom. The van der Waals surface area contributed by atoms with Crippen molar-refractivity contribution in [1.29, 1.82) is 0 Å². The van der Waals surface area contributed by atoms with E-state index in [1.54, 1.807) is 11.1 Å². The molecule has 1 aliphatic rings. The molecule has 1 saturated carbocycles. The lowest BCUT2D eigenvalue weighted by atomic mass is 10.3. The Labute approximate surface area is 142 Å². The SMILES string of the molecule is O=C(Nc1ccc(OS(=O)(=O)F)cc1)N(Cc1nccs1)C1CC1. The number of urea groups is 1. The summed E-state index contributed by atoms with van der Waals surface area (Å²) in [5, 5.41) is 5.44. The summed E-state index contributed by atoms with van der Waals surface area (Å²) in [6.07, 6.45) is 3.61. The molecule has 0 spiro atoms. The third-order valence-electron chi connectivity index (χ3n) is 3.34. The number of aromatic nitrogens is 1. The van der Waals surface area contributed by atoms with E-state index in [0.717, 1.165) is 17.8 Å². The highest BCUT2D eigenvalue weighted by molar-refractivity contribution is 7.81. The quantitative estimate of drug-likeness (QED) is 0.789. The monoisotopic (exact) mass is 371 g/mol. The maximum Gasteiger partial charge on any atom is 0.488 e. The Morgan fingerprint density at radius 2 is 2.08 bits per heavy atom. The van der Waals surface area contributed by atoms with Crippen LogP contribution in [0, 0.1) is 0 Å². The second-order valence-electron chi connectivity index (χ2n) is 5.22. The largest absolute Gasteiger partial charge is 0.488 e. The second-order valence-corrected chi connectivity index (χ2v) is 7.15. The van der Waals surface area contributed by atoms with Crippen molar-refractivity contribution in [3.05, 3.63) is 40.8 Å². The molecule has 2 aromatic rings.